The summed E-state index contributed by atoms with van der Waals surface area (Å²) in [6.45, 7) is 4.09. The first-order chi connectivity index (χ1) is 8.92. The third-order valence-electron chi connectivity index (χ3n) is 3.92. The quantitative estimate of drug-likeness (QED) is 0.877. The van der Waals surface area contributed by atoms with Crippen LogP contribution in [0.2, 0.25) is 0 Å². The molecule has 3 rings (SSSR count). The molecule has 1 aromatic rings. The highest BCUT2D eigenvalue weighted by molar-refractivity contribution is 5.44. The molecule has 2 fully saturated rings. The first kappa shape index (κ1) is 11.9. The van der Waals surface area contributed by atoms with Gasteiger partial charge in [0.2, 0.25) is 0 Å². The fourth-order valence-corrected chi connectivity index (χ4v) is 2.86. The van der Waals surface area contributed by atoms with E-state index < -0.39 is 0 Å². The van der Waals surface area contributed by atoms with Crippen LogP contribution in [0, 0.1) is 0 Å². The highest BCUT2D eigenvalue weighted by Gasteiger charge is 2.23. The Hall–Kier alpha value is -1.13. The van der Waals surface area contributed by atoms with Gasteiger partial charge in [-0.3, -0.25) is 4.98 Å². The molecule has 98 valence electrons. The summed E-state index contributed by atoms with van der Waals surface area (Å²) in [5.41, 5.74) is 1.30. The van der Waals surface area contributed by atoms with E-state index in [1.807, 2.05) is 12.4 Å². The van der Waals surface area contributed by atoms with Crippen LogP contribution in [0.5, 0.6) is 0 Å². The van der Waals surface area contributed by atoms with Gasteiger partial charge in [0.1, 0.15) is 0 Å². The Morgan fingerprint density at radius 2 is 1.89 bits per heavy atom. The van der Waals surface area contributed by atoms with Gasteiger partial charge in [0, 0.05) is 49.9 Å². The van der Waals surface area contributed by atoms with Crippen molar-refractivity contribution >= 4 is 5.69 Å². The maximum atomic E-state index is 5.41. The highest BCUT2D eigenvalue weighted by atomic mass is 16.5. The standard InChI is InChI=1S/C14H21N3O/c1-6-15-7-2-14(1)17-8-3-12(4-9-17)16-13-5-10-18-11-13/h1-2,6-7,12-13,16H,3-5,8-11H2. The number of hydrogen-bond acceptors (Lipinski definition) is 4. The van der Waals surface area contributed by atoms with E-state index in [0.717, 1.165) is 26.3 Å². The molecule has 0 bridgehead atoms. The molecule has 0 aromatic carbocycles. The van der Waals surface area contributed by atoms with Crippen LogP contribution in [0.15, 0.2) is 24.5 Å². The first-order valence-corrected chi connectivity index (χ1v) is 6.90. The average Bonchev–Trinajstić information content (AvgIpc) is 2.94. The van der Waals surface area contributed by atoms with Crippen LogP contribution >= 0.6 is 0 Å². The molecule has 3 heterocycles. The minimum Gasteiger partial charge on any atom is -0.380 e. The summed E-state index contributed by atoms with van der Waals surface area (Å²) in [6, 6.07) is 5.44. The van der Waals surface area contributed by atoms with E-state index in [9.17, 15) is 0 Å². The molecule has 1 atom stereocenters. The summed E-state index contributed by atoms with van der Waals surface area (Å²) in [5.74, 6) is 0. The van der Waals surface area contributed by atoms with E-state index in [4.69, 9.17) is 4.74 Å². The zero-order chi connectivity index (χ0) is 12.2. The summed E-state index contributed by atoms with van der Waals surface area (Å²) in [4.78, 5) is 6.52. The fraction of sp³-hybridized carbons (Fsp3) is 0.643. The third-order valence-corrected chi connectivity index (χ3v) is 3.92. The van der Waals surface area contributed by atoms with Crippen molar-refractivity contribution in [2.75, 3.05) is 31.2 Å². The van der Waals surface area contributed by atoms with Crippen molar-refractivity contribution in [1.29, 1.82) is 0 Å². The van der Waals surface area contributed by atoms with Gasteiger partial charge in [0.15, 0.2) is 0 Å². The Bertz CT molecular complexity index is 357. The minimum absolute atomic E-state index is 0.586. The number of ether oxygens (including phenoxy) is 1. The first-order valence-electron chi connectivity index (χ1n) is 6.90. The largest absolute Gasteiger partial charge is 0.380 e. The van der Waals surface area contributed by atoms with E-state index in [2.05, 4.69) is 27.3 Å². The van der Waals surface area contributed by atoms with Crippen molar-refractivity contribution in [3.8, 4) is 0 Å². The summed E-state index contributed by atoms with van der Waals surface area (Å²) in [5, 5.41) is 3.73. The zero-order valence-electron chi connectivity index (χ0n) is 10.7. The predicted molar refractivity (Wildman–Crippen MR) is 71.8 cm³/mol. The van der Waals surface area contributed by atoms with Gasteiger partial charge >= 0.3 is 0 Å². The lowest BCUT2D eigenvalue weighted by Crippen LogP contribution is -2.46. The van der Waals surface area contributed by atoms with E-state index >= 15 is 0 Å². The van der Waals surface area contributed by atoms with Gasteiger partial charge in [-0.2, -0.15) is 0 Å². The second-order valence-electron chi connectivity index (χ2n) is 5.19. The molecule has 2 aliphatic rings. The molecule has 0 saturated carbocycles. The van der Waals surface area contributed by atoms with E-state index in [0.29, 0.717) is 12.1 Å². The number of anilines is 1. The monoisotopic (exact) mass is 247 g/mol. The molecule has 0 aliphatic carbocycles. The molecule has 0 amide bonds. The Kier molecular flexibility index (Phi) is 3.76. The minimum atomic E-state index is 0.586. The number of piperidine rings is 1. The lowest BCUT2D eigenvalue weighted by molar-refractivity contribution is 0.186. The fourth-order valence-electron chi connectivity index (χ4n) is 2.86. The highest BCUT2D eigenvalue weighted by Crippen LogP contribution is 2.19. The van der Waals surface area contributed by atoms with Crippen molar-refractivity contribution in [1.82, 2.24) is 10.3 Å². The molecule has 1 N–H and O–H groups in total. The number of nitrogens with one attached hydrogen (secondary N) is 1. The molecule has 18 heavy (non-hydrogen) atoms. The summed E-state index contributed by atoms with van der Waals surface area (Å²) >= 11 is 0. The van der Waals surface area contributed by atoms with Crippen molar-refractivity contribution in [2.45, 2.75) is 31.3 Å². The molecule has 0 radical (unpaired) electrons. The third kappa shape index (κ3) is 2.82. The van der Waals surface area contributed by atoms with Gasteiger partial charge in [-0.25, -0.2) is 0 Å². The number of rotatable bonds is 3. The molecule has 4 nitrogen and oxygen atoms in total. The summed E-state index contributed by atoms with van der Waals surface area (Å²) in [6.07, 6.45) is 7.35. The van der Waals surface area contributed by atoms with Gasteiger partial charge < -0.3 is 15.0 Å². The van der Waals surface area contributed by atoms with Crippen LogP contribution in [-0.4, -0.2) is 43.4 Å². The van der Waals surface area contributed by atoms with Gasteiger partial charge in [0.05, 0.1) is 6.61 Å². The lowest BCUT2D eigenvalue weighted by atomic mass is 10.0. The number of nitrogens with zero attached hydrogens (tertiary/aromatic N) is 2. The van der Waals surface area contributed by atoms with E-state index in [1.165, 1.54) is 24.9 Å². The van der Waals surface area contributed by atoms with Crippen LogP contribution in [0.4, 0.5) is 5.69 Å². The zero-order valence-corrected chi connectivity index (χ0v) is 10.7. The SMILES string of the molecule is c1cc(N2CCC(NC3CCOC3)CC2)ccn1. The predicted octanol–water partition coefficient (Wildman–Crippen LogP) is 1.43. The van der Waals surface area contributed by atoms with Crippen LogP contribution in [0.3, 0.4) is 0 Å². The molecule has 1 aromatic heterocycles. The molecule has 2 saturated heterocycles. The number of pyridine rings is 1. The summed E-state index contributed by atoms with van der Waals surface area (Å²) in [7, 11) is 0. The molecule has 4 heteroatoms. The number of aromatic nitrogens is 1. The Morgan fingerprint density at radius 3 is 2.56 bits per heavy atom. The van der Waals surface area contributed by atoms with Crippen LogP contribution in [0.1, 0.15) is 19.3 Å². The van der Waals surface area contributed by atoms with Crippen molar-refractivity contribution in [2.24, 2.45) is 0 Å². The lowest BCUT2D eigenvalue weighted by Gasteiger charge is -2.35. The van der Waals surface area contributed by atoms with Crippen LogP contribution in [0.25, 0.3) is 0 Å². The van der Waals surface area contributed by atoms with Crippen molar-refractivity contribution < 1.29 is 4.74 Å². The summed E-state index contributed by atoms with van der Waals surface area (Å²) < 4.78 is 5.41. The van der Waals surface area contributed by atoms with Gasteiger partial charge in [-0.05, 0) is 31.4 Å². The topological polar surface area (TPSA) is 37.4 Å². The van der Waals surface area contributed by atoms with Crippen LogP contribution in [-0.2, 0) is 4.74 Å². The van der Waals surface area contributed by atoms with Crippen molar-refractivity contribution in [3.05, 3.63) is 24.5 Å². The normalized spacial score (nSPS) is 25.6. The molecule has 1 unspecified atom stereocenters. The van der Waals surface area contributed by atoms with Crippen molar-refractivity contribution in [3.63, 3.8) is 0 Å². The van der Waals surface area contributed by atoms with Gasteiger partial charge in [0.25, 0.3) is 0 Å². The molecule has 2 aliphatic heterocycles. The van der Waals surface area contributed by atoms with E-state index in [-0.39, 0.29) is 0 Å². The van der Waals surface area contributed by atoms with Gasteiger partial charge in [-0.15, -0.1) is 0 Å². The number of hydrogen-bond donors (Lipinski definition) is 1. The molecular weight excluding hydrogens is 226 g/mol. The molecular formula is C14H21N3O. The average molecular weight is 247 g/mol. The van der Waals surface area contributed by atoms with Gasteiger partial charge in [-0.1, -0.05) is 0 Å². The Labute approximate surface area is 108 Å². The second-order valence-corrected chi connectivity index (χ2v) is 5.19. The maximum Gasteiger partial charge on any atom is 0.0620 e. The second kappa shape index (κ2) is 5.67. The molecule has 0 spiro atoms. The Morgan fingerprint density at radius 1 is 1.11 bits per heavy atom. The maximum absolute atomic E-state index is 5.41. The van der Waals surface area contributed by atoms with Crippen LogP contribution < -0.4 is 10.2 Å². The van der Waals surface area contributed by atoms with E-state index in [1.54, 1.807) is 0 Å². The smallest absolute Gasteiger partial charge is 0.0620 e. The Balaban J connectivity index is 1.49.